The second-order valence-electron chi connectivity index (χ2n) is 4.89. The van der Waals surface area contributed by atoms with Crippen LogP contribution in [0.15, 0.2) is 47.6 Å². The molecule has 0 aliphatic carbocycles. The van der Waals surface area contributed by atoms with Crippen LogP contribution in [0.2, 0.25) is 5.02 Å². The smallest absolute Gasteiger partial charge is 0.230 e. The fourth-order valence-corrected chi connectivity index (χ4v) is 2.39. The van der Waals surface area contributed by atoms with E-state index >= 15 is 0 Å². The molecule has 1 aromatic carbocycles. The van der Waals surface area contributed by atoms with Gasteiger partial charge in [0.15, 0.2) is 0 Å². The van der Waals surface area contributed by atoms with Crippen molar-refractivity contribution in [2.45, 2.75) is 12.7 Å². The molecule has 0 fully saturated rings. The van der Waals surface area contributed by atoms with Crippen molar-refractivity contribution >= 4 is 28.9 Å². The number of hydroxylamine groups is 1. The van der Waals surface area contributed by atoms with Crippen LogP contribution >= 0.6 is 11.6 Å². The van der Waals surface area contributed by atoms with E-state index in [1.54, 1.807) is 30.3 Å². The topological polar surface area (TPSA) is 57.5 Å². The van der Waals surface area contributed by atoms with Gasteiger partial charge < -0.3 is 0 Å². The van der Waals surface area contributed by atoms with Crippen LogP contribution in [0, 0.1) is 0 Å². The molecular formula is C14H11ClF3N4O+. The van der Waals surface area contributed by atoms with E-state index in [1.807, 2.05) is 0 Å². The summed E-state index contributed by atoms with van der Waals surface area (Å²) in [5.41, 5.74) is 2.98. The van der Waals surface area contributed by atoms with Crippen molar-refractivity contribution in [3.05, 3.63) is 53.2 Å². The van der Waals surface area contributed by atoms with Crippen LogP contribution in [0.4, 0.5) is 24.7 Å². The van der Waals surface area contributed by atoms with Gasteiger partial charge in [0.2, 0.25) is 11.5 Å². The number of aromatic nitrogens is 1. The van der Waals surface area contributed by atoms with Crippen LogP contribution in [0.3, 0.4) is 0 Å². The van der Waals surface area contributed by atoms with Crippen molar-refractivity contribution in [1.82, 2.24) is 15.2 Å². The summed E-state index contributed by atoms with van der Waals surface area (Å²) in [6.45, 7) is -0.0155. The van der Waals surface area contributed by atoms with E-state index in [0.29, 0.717) is 5.56 Å². The number of nitrogens with one attached hydrogen (secondary N) is 1. The summed E-state index contributed by atoms with van der Waals surface area (Å²) in [6, 6.07) is 9.91. The second-order valence-corrected chi connectivity index (χ2v) is 5.32. The minimum absolute atomic E-state index is 0.0155. The lowest BCUT2D eigenvalue weighted by Gasteiger charge is -2.26. The molecule has 9 heteroatoms. The highest BCUT2D eigenvalue weighted by atomic mass is 35.5. The maximum Gasteiger partial charge on any atom is 0.493 e. The molecule has 1 aromatic heterocycles. The molecule has 0 spiro atoms. The highest BCUT2D eigenvalue weighted by Crippen LogP contribution is 2.42. The predicted molar refractivity (Wildman–Crippen MR) is 79.3 cm³/mol. The first kappa shape index (κ1) is 15.9. The summed E-state index contributed by atoms with van der Waals surface area (Å²) in [5, 5.41) is 10.7. The molecule has 2 aromatic rings. The quantitative estimate of drug-likeness (QED) is 0.835. The first-order valence-electron chi connectivity index (χ1n) is 6.54. The van der Waals surface area contributed by atoms with Gasteiger partial charge in [0, 0.05) is 12.3 Å². The summed E-state index contributed by atoms with van der Waals surface area (Å²) in [4.78, 5) is 7.15. The maximum absolute atomic E-state index is 13.2. The van der Waals surface area contributed by atoms with Gasteiger partial charge in [0.25, 0.3) is 0 Å². The van der Waals surface area contributed by atoms with Crippen LogP contribution in [-0.2, 0) is 6.54 Å². The molecule has 1 atom stereocenters. The Morgan fingerprint density at radius 3 is 2.57 bits per heavy atom. The number of halogens is 4. The lowest BCUT2D eigenvalue weighted by molar-refractivity contribution is -0.118. The van der Waals surface area contributed by atoms with Crippen LogP contribution in [-0.4, -0.2) is 22.2 Å². The summed E-state index contributed by atoms with van der Waals surface area (Å²) < 4.78 is 38.0. The van der Waals surface area contributed by atoms with Gasteiger partial charge in [-0.25, -0.2) is 4.98 Å². The number of benzene rings is 1. The molecule has 0 amide bonds. The van der Waals surface area contributed by atoms with E-state index in [2.05, 4.69) is 15.4 Å². The van der Waals surface area contributed by atoms with E-state index in [4.69, 9.17) is 11.6 Å². The van der Waals surface area contributed by atoms with Crippen LogP contribution in [0.25, 0.3) is 0 Å². The Labute approximate surface area is 134 Å². The second kappa shape index (κ2) is 5.57. The molecule has 0 radical (unpaired) electrons. The Hall–Kier alpha value is -2.00. The number of hydrogen-bond acceptors (Lipinski definition) is 4. The van der Waals surface area contributed by atoms with E-state index in [9.17, 15) is 18.4 Å². The molecule has 0 bridgehead atoms. The predicted octanol–water partition coefficient (Wildman–Crippen LogP) is 3.74. The molecule has 2 N–H and O–H groups in total. The Morgan fingerprint density at radius 1 is 1.22 bits per heavy atom. The van der Waals surface area contributed by atoms with Gasteiger partial charge in [-0.1, -0.05) is 41.9 Å². The van der Waals surface area contributed by atoms with E-state index in [0.717, 1.165) is 0 Å². The average molecular weight is 344 g/mol. The summed E-state index contributed by atoms with van der Waals surface area (Å²) in [7, 11) is 0. The van der Waals surface area contributed by atoms with Crippen LogP contribution in [0.5, 0.6) is 0 Å². The van der Waals surface area contributed by atoms with Crippen LogP contribution in [0.1, 0.15) is 5.56 Å². The standard InChI is InChI=1S/C14H11ClF3N4O/c15-10-6-11-12(19-8-10)21-13(14(16,17)18)22(11,23)20-7-9-4-2-1-3-5-9/h1-6,8,20,23H,7H2/q+1. The van der Waals surface area contributed by atoms with Gasteiger partial charge in [0.1, 0.15) is 0 Å². The van der Waals surface area contributed by atoms with Gasteiger partial charge >= 0.3 is 12.0 Å². The van der Waals surface area contributed by atoms with E-state index in [-0.39, 0.29) is 23.1 Å². The average Bonchev–Trinajstić information content (AvgIpc) is 2.80. The van der Waals surface area contributed by atoms with Gasteiger partial charge in [-0.2, -0.15) is 23.4 Å². The number of hydrogen-bond donors (Lipinski definition) is 2. The van der Waals surface area contributed by atoms with E-state index < -0.39 is 16.8 Å². The molecule has 3 rings (SSSR count). The maximum atomic E-state index is 13.2. The molecule has 2 heterocycles. The molecule has 0 saturated carbocycles. The minimum atomic E-state index is -4.84. The zero-order valence-electron chi connectivity index (χ0n) is 11.5. The van der Waals surface area contributed by atoms with Crippen molar-refractivity contribution in [3.63, 3.8) is 0 Å². The molecule has 5 nitrogen and oxygen atoms in total. The monoisotopic (exact) mass is 343 g/mol. The first-order chi connectivity index (χ1) is 10.8. The van der Waals surface area contributed by atoms with E-state index in [1.165, 1.54) is 12.3 Å². The summed E-state index contributed by atoms with van der Waals surface area (Å²) in [6.07, 6.45) is -3.67. The number of amidine groups is 1. The zero-order chi connectivity index (χ0) is 16.7. The lowest BCUT2D eigenvalue weighted by Crippen LogP contribution is -2.63. The van der Waals surface area contributed by atoms with Crippen molar-refractivity contribution < 1.29 is 18.4 Å². The molecular weight excluding hydrogens is 333 g/mol. The number of fused-ring (bicyclic) bond motifs is 1. The lowest BCUT2D eigenvalue weighted by atomic mass is 10.2. The minimum Gasteiger partial charge on any atom is -0.230 e. The Balaban J connectivity index is 1.99. The summed E-state index contributed by atoms with van der Waals surface area (Å²) >= 11 is 5.79. The fraction of sp³-hybridized carbons (Fsp3) is 0.143. The van der Waals surface area contributed by atoms with Gasteiger partial charge in [-0.15, -0.1) is 5.43 Å². The summed E-state index contributed by atoms with van der Waals surface area (Å²) in [5.74, 6) is -1.65. The first-order valence-corrected chi connectivity index (χ1v) is 6.92. The fourth-order valence-electron chi connectivity index (χ4n) is 2.24. The highest BCUT2D eigenvalue weighted by Gasteiger charge is 2.59. The third kappa shape index (κ3) is 2.93. The van der Waals surface area contributed by atoms with Crippen molar-refractivity contribution in [2.24, 2.45) is 4.99 Å². The van der Waals surface area contributed by atoms with Gasteiger partial charge in [-0.05, 0) is 10.3 Å². The number of aliphatic imine (C=N–C) groups is 1. The third-order valence-corrected chi connectivity index (χ3v) is 3.50. The number of alkyl halides is 3. The number of quaternary nitrogens is 1. The molecule has 0 saturated heterocycles. The SMILES string of the molecule is O[N+]1(NCc2ccccc2)C(C(F)(F)F)=Nc2ncc(Cl)cc21. The largest absolute Gasteiger partial charge is 0.493 e. The third-order valence-electron chi connectivity index (χ3n) is 3.29. The molecule has 1 aliphatic rings. The van der Waals surface area contributed by atoms with Crippen LogP contribution < -0.4 is 10.2 Å². The van der Waals surface area contributed by atoms with Crippen molar-refractivity contribution in [3.8, 4) is 0 Å². The zero-order valence-corrected chi connectivity index (χ0v) is 12.3. The van der Waals surface area contributed by atoms with Crippen molar-refractivity contribution in [1.29, 1.82) is 0 Å². The Morgan fingerprint density at radius 2 is 1.91 bits per heavy atom. The molecule has 1 unspecified atom stereocenters. The number of rotatable bonds is 3. The Bertz CT molecular complexity index is 766. The highest BCUT2D eigenvalue weighted by molar-refractivity contribution is 6.31. The normalized spacial score (nSPS) is 20.3. The van der Waals surface area contributed by atoms with Crippen molar-refractivity contribution in [2.75, 3.05) is 0 Å². The van der Waals surface area contributed by atoms with Gasteiger partial charge in [0.05, 0.1) is 11.6 Å². The molecule has 1 aliphatic heterocycles. The molecule has 23 heavy (non-hydrogen) atoms. The van der Waals surface area contributed by atoms with Gasteiger partial charge in [-0.3, -0.25) is 0 Å². The number of pyridine rings is 1. The molecule has 120 valence electrons. The Kier molecular flexibility index (Phi) is 3.85. The number of nitrogens with zero attached hydrogens (tertiary/aromatic N) is 3.